The van der Waals surface area contributed by atoms with E-state index in [-0.39, 0.29) is 11.6 Å². The summed E-state index contributed by atoms with van der Waals surface area (Å²) in [6.45, 7) is 4.97. The summed E-state index contributed by atoms with van der Waals surface area (Å²) in [5.74, 6) is 0. The van der Waals surface area contributed by atoms with Gasteiger partial charge in [0.25, 0.3) is 0 Å². The van der Waals surface area contributed by atoms with Crippen LogP contribution < -0.4 is 4.90 Å². The lowest BCUT2D eigenvalue weighted by Gasteiger charge is -2.39. The van der Waals surface area contributed by atoms with E-state index in [4.69, 9.17) is 12.2 Å². The van der Waals surface area contributed by atoms with Gasteiger partial charge in [-0.25, -0.2) is 4.79 Å². The Morgan fingerprint density at radius 1 is 1.13 bits per heavy atom. The molecule has 1 aromatic carbocycles. The van der Waals surface area contributed by atoms with E-state index in [0.717, 1.165) is 55.7 Å². The number of carbonyl (C=O) groups is 1. The van der Waals surface area contributed by atoms with Gasteiger partial charge in [-0.1, -0.05) is 62.5 Å². The first-order valence-corrected chi connectivity index (χ1v) is 9.24. The summed E-state index contributed by atoms with van der Waals surface area (Å²) in [6.07, 6.45) is 7.61. The minimum absolute atomic E-state index is 0.0780. The number of anilines is 1. The maximum absolute atomic E-state index is 13.1. The van der Waals surface area contributed by atoms with Crippen LogP contribution in [0.15, 0.2) is 24.3 Å². The largest absolute Gasteiger partial charge is 0.330 e. The zero-order chi connectivity index (χ0) is 16.4. The van der Waals surface area contributed by atoms with E-state index >= 15 is 0 Å². The van der Waals surface area contributed by atoms with Crippen molar-refractivity contribution in [1.82, 2.24) is 4.90 Å². The highest BCUT2D eigenvalue weighted by Crippen LogP contribution is 2.43. The number of thiocarbonyl (C=S) groups is 1. The van der Waals surface area contributed by atoms with Crippen LogP contribution in [0.1, 0.15) is 57.4 Å². The van der Waals surface area contributed by atoms with Crippen molar-refractivity contribution in [2.45, 2.75) is 64.3 Å². The third kappa shape index (κ3) is 2.78. The minimum atomic E-state index is -0.270. The maximum atomic E-state index is 13.1. The molecule has 0 unspecified atom stereocenters. The van der Waals surface area contributed by atoms with Crippen LogP contribution in [0.3, 0.4) is 0 Å². The molecule has 1 aliphatic heterocycles. The highest BCUT2D eigenvalue weighted by molar-refractivity contribution is 7.80. The molecule has 124 valence electrons. The molecule has 1 aromatic rings. The molecule has 1 heterocycles. The minimum Gasteiger partial charge on any atom is -0.286 e. The molecule has 2 aliphatic rings. The van der Waals surface area contributed by atoms with Crippen molar-refractivity contribution in [3.63, 3.8) is 0 Å². The number of hydrogen-bond acceptors (Lipinski definition) is 2. The molecule has 1 saturated carbocycles. The monoisotopic (exact) mass is 330 g/mol. The zero-order valence-electron chi connectivity index (χ0n) is 14.2. The van der Waals surface area contributed by atoms with Gasteiger partial charge in [0.05, 0.1) is 0 Å². The summed E-state index contributed by atoms with van der Waals surface area (Å²) in [6, 6.07) is 8.37. The fourth-order valence-corrected chi connectivity index (χ4v) is 4.34. The summed E-state index contributed by atoms with van der Waals surface area (Å²) in [5, 5.41) is 0. The molecule has 1 saturated heterocycles. The van der Waals surface area contributed by atoms with Crippen LogP contribution in [0.25, 0.3) is 0 Å². The molecule has 3 rings (SSSR count). The van der Waals surface area contributed by atoms with Gasteiger partial charge in [0.15, 0.2) is 0 Å². The number of carbonyl (C=O) groups excluding carboxylic acids is 1. The number of amides is 2. The molecule has 2 amide bonds. The Morgan fingerprint density at radius 3 is 2.39 bits per heavy atom. The van der Waals surface area contributed by atoms with Crippen molar-refractivity contribution >= 4 is 28.9 Å². The van der Waals surface area contributed by atoms with Gasteiger partial charge < -0.3 is 0 Å². The number of aryl methyl sites for hydroxylation is 1. The number of rotatable bonds is 4. The van der Waals surface area contributed by atoms with E-state index in [9.17, 15) is 4.79 Å². The summed E-state index contributed by atoms with van der Waals surface area (Å²) >= 11 is 5.83. The molecule has 0 radical (unpaired) electrons. The molecule has 0 atom stereocenters. The van der Waals surface area contributed by atoms with Crippen molar-refractivity contribution in [1.29, 1.82) is 0 Å². The molecule has 0 aromatic heterocycles. The zero-order valence-corrected chi connectivity index (χ0v) is 15.0. The Kier molecular flexibility index (Phi) is 4.72. The average molecular weight is 330 g/mol. The lowest BCUT2D eigenvalue weighted by atomic mass is 9.80. The first-order valence-electron chi connectivity index (χ1n) is 8.83. The topological polar surface area (TPSA) is 23.6 Å². The second-order valence-electron chi connectivity index (χ2n) is 6.86. The predicted molar refractivity (Wildman–Crippen MR) is 99.1 cm³/mol. The van der Waals surface area contributed by atoms with Crippen LogP contribution in [-0.2, 0) is 0 Å². The first-order chi connectivity index (χ1) is 11.1. The Morgan fingerprint density at radius 2 is 1.78 bits per heavy atom. The van der Waals surface area contributed by atoms with Crippen LogP contribution >= 0.6 is 12.2 Å². The van der Waals surface area contributed by atoms with Crippen molar-refractivity contribution < 1.29 is 4.79 Å². The number of urea groups is 1. The standard InChI is InChI=1S/C19H26N2OS/c1-3-4-14-20-17(23)19(12-6-5-7-13-19)21(18(20)22)16-10-8-15(2)9-11-16/h8-11H,3-7,12-14H2,1-2H3. The number of benzene rings is 1. The summed E-state index contributed by atoms with van der Waals surface area (Å²) in [4.78, 5) is 17.9. The van der Waals surface area contributed by atoms with E-state index in [1.165, 1.54) is 12.0 Å². The second-order valence-corrected chi connectivity index (χ2v) is 7.24. The van der Waals surface area contributed by atoms with Crippen molar-refractivity contribution in [3.8, 4) is 0 Å². The molecular formula is C19H26N2OS. The highest BCUT2D eigenvalue weighted by Gasteiger charge is 2.54. The third-order valence-electron chi connectivity index (χ3n) is 5.20. The Hall–Kier alpha value is -1.42. The Bertz CT molecular complexity index is 590. The fourth-order valence-electron chi connectivity index (χ4n) is 3.88. The van der Waals surface area contributed by atoms with Crippen LogP contribution in [-0.4, -0.2) is 28.0 Å². The van der Waals surface area contributed by atoms with E-state index in [0.29, 0.717) is 0 Å². The van der Waals surface area contributed by atoms with Crippen molar-refractivity contribution in [3.05, 3.63) is 29.8 Å². The first kappa shape index (κ1) is 16.4. The smallest absolute Gasteiger partial charge is 0.286 e. The lowest BCUT2D eigenvalue weighted by Crippen LogP contribution is -2.50. The summed E-state index contributed by atoms with van der Waals surface area (Å²) in [7, 11) is 0. The molecule has 1 spiro atoms. The number of unbranched alkanes of at least 4 members (excludes halogenated alkanes) is 1. The van der Waals surface area contributed by atoms with Crippen molar-refractivity contribution in [2.24, 2.45) is 0 Å². The van der Waals surface area contributed by atoms with Gasteiger partial charge in [0.2, 0.25) is 0 Å². The van der Waals surface area contributed by atoms with Crippen LogP contribution in [0.4, 0.5) is 10.5 Å². The molecule has 2 fully saturated rings. The Balaban J connectivity index is 2.00. The van der Waals surface area contributed by atoms with E-state index < -0.39 is 0 Å². The SMILES string of the molecule is CCCCN1C(=O)N(c2ccc(C)cc2)C2(CCCCC2)C1=S. The van der Waals surface area contributed by atoms with Gasteiger partial charge in [-0.15, -0.1) is 0 Å². The van der Waals surface area contributed by atoms with Crippen LogP contribution in [0.2, 0.25) is 0 Å². The molecule has 1 aliphatic carbocycles. The fraction of sp³-hybridized carbons (Fsp3) is 0.579. The molecule has 23 heavy (non-hydrogen) atoms. The van der Waals surface area contributed by atoms with Gasteiger partial charge in [-0.05, 0) is 38.3 Å². The van der Waals surface area contributed by atoms with Gasteiger partial charge in [-0.2, -0.15) is 0 Å². The molecule has 0 N–H and O–H groups in total. The molecule has 0 bridgehead atoms. The van der Waals surface area contributed by atoms with Gasteiger partial charge in [0, 0.05) is 12.2 Å². The van der Waals surface area contributed by atoms with Gasteiger partial charge in [0.1, 0.15) is 10.5 Å². The predicted octanol–water partition coefficient (Wildman–Crippen LogP) is 5.07. The molecule has 3 nitrogen and oxygen atoms in total. The van der Waals surface area contributed by atoms with Crippen molar-refractivity contribution in [2.75, 3.05) is 11.4 Å². The van der Waals surface area contributed by atoms with Crippen LogP contribution in [0.5, 0.6) is 0 Å². The summed E-state index contributed by atoms with van der Waals surface area (Å²) in [5.41, 5.74) is 1.93. The Labute approximate surface area is 144 Å². The third-order valence-corrected chi connectivity index (χ3v) is 5.80. The molecular weight excluding hydrogens is 304 g/mol. The van der Waals surface area contributed by atoms with E-state index in [1.54, 1.807) is 0 Å². The van der Waals surface area contributed by atoms with Crippen LogP contribution in [0, 0.1) is 6.92 Å². The average Bonchev–Trinajstić information content (AvgIpc) is 2.75. The summed E-state index contributed by atoms with van der Waals surface area (Å²) < 4.78 is 0. The van der Waals surface area contributed by atoms with Gasteiger partial charge >= 0.3 is 6.03 Å². The lowest BCUT2D eigenvalue weighted by molar-refractivity contribution is 0.230. The second kappa shape index (κ2) is 6.60. The highest BCUT2D eigenvalue weighted by atomic mass is 32.1. The normalized spacial score (nSPS) is 20.6. The van der Waals surface area contributed by atoms with E-state index in [2.05, 4.69) is 38.1 Å². The number of nitrogens with zero attached hydrogens (tertiary/aromatic N) is 2. The quantitative estimate of drug-likeness (QED) is 0.720. The van der Waals surface area contributed by atoms with E-state index in [1.807, 2.05) is 9.80 Å². The number of hydrogen-bond donors (Lipinski definition) is 0. The molecule has 4 heteroatoms. The van der Waals surface area contributed by atoms with Gasteiger partial charge in [-0.3, -0.25) is 9.80 Å². The maximum Gasteiger partial charge on any atom is 0.330 e.